The fraction of sp³-hybridized carbons (Fsp3) is 0.350. The summed E-state index contributed by atoms with van der Waals surface area (Å²) in [5.41, 5.74) is -0.510. The Morgan fingerprint density at radius 3 is 2.47 bits per heavy atom. The Bertz CT molecular complexity index is 1070. The lowest BCUT2D eigenvalue weighted by molar-refractivity contribution is -0.119. The van der Waals surface area contributed by atoms with E-state index < -0.39 is 41.2 Å². The molecule has 2 aromatic heterocycles. The van der Waals surface area contributed by atoms with Crippen LogP contribution < -0.4 is 10.1 Å². The summed E-state index contributed by atoms with van der Waals surface area (Å²) in [6, 6.07) is 6.22. The maximum Gasteiger partial charge on any atom is 0.283 e. The number of ether oxygens (including phenoxy) is 1. The van der Waals surface area contributed by atoms with E-state index in [1.165, 1.54) is 29.6 Å². The quantitative estimate of drug-likeness (QED) is 0.422. The van der Waals surface area contributed by atoms with Crippen LogP contribution in [0.2, 0.25) is 5.02 Å². The van der Waals surface area contributed by atoms with Crippen LogP contribution in [0.25, 0.3) is 0 Å². The van der Waals surface area contributed by atoms with Crippen molar-refractivity contribution in [2.45, 2.75) is 45.9 Å². The second kappa shape index (κ2) is 10.0. The Balaban J connectivity index is 1.66. The van der Waals surface area contributed by atoms with Crippen molar-refractivity contribution >= 4 is 23.2 Å². The van der Waals surface area contributed by atoms with Gasteiger partial charge in [-0.25, -0.2) is 26.9 Å². The molecule has 0 spiro atoms. The molecule has 2 heterocycles. The zero-order valence-electron chi connectivity index (χ0n) is 17.1. The molecule has 1 amide bonds. The number of anilines is 1. The van der Waals surface area contributed by atoms with Crippen LogP contribution in [-0.4, -0.2) is 25.5 Å². The first kappa shape index (κ1) is 23.6. The molecule has 0 radical (unpaired) electrons. The van der Waals surface area contributed by atoms with Crippen molar-refractivity contribution in [2.75, 3.05) is 5.32 Å². The first-order valence-electron chi connectivity index (χ1n) is 9.60. The molecule has 32 heavy (non-hydrogen) atoms. The maximum absolute atomic E-state index is 13.3. The molecule has 0 aliphatic heterocycles. The van der Waals surface area contributed by atoms with Crippen LogP contribution in [-0.2, 0) is 17.9 Å². The molecular formula is C20H20ClF4N5O2. The fourth-order valence-corrected chi connectivity index (χ4v) is 3.18. The number of alkyl halides is 4. The number of halogens is 5. The third kappa shape index (κ3) is 5.21. The third-order valence-electron chi connectivity index (χ3n) is 4.67. The SMILES string of the molecule is CCc1ccc(OCn2cc(NC(=O)C(C)n3nc(C(F)F)c(Cl)c3C(F)F)cn2)cc1. The summed E-state index contributed by atoms with van der Waals surface area (Å²) >= 11 is 5.63. The van der Waals surface area contributed by atoms with Crippen LogP contribution >= 0.6 is 11.6 Å². The van der Waals surface area contributed by atoms with Crippen molar-refractivity contribution in [1.82, 2.24) is 19.6 Å². The standard InChI is InChI=1S/C20H20ClF4N5O2/c1-3-12-4-6-14(7-5-12)32-10-29-9-13(8-26-29)27-20(31)11(2)30-17(19(24)25)15(21)16(28-30)18(22)23/h4-9,11,18-19H,3,10H2,1-2H3,(H,27,31). The zero-order chi connectivity index (χ0) is 23.4. The first-order valence-corrected chi connectivity index (χ1v) is 9.98. The van der Waals surface area contributed by atoms with Crippen molar-refractivity contribution in [1.29, 1.82) is 0 Å². The molecule has 1 unspecified atom stereocenters. The van der Waals surface area contributed by atoms with E-state index in [2.05, 4.69) is 15.5 Å². The molecule has 0 bridgehead atoms. The van der Waals surface area contributed by atoms with E-state index in [4.69, 9.17) is 16.3 Å². The second-order valence-electron chi connectivity index (χ2n) is 6.84. The summed E-state index contributed by atoms with van der Waals surface area (Å²) in [7, 11) is 0. The first-order chi connectivity index (χ1) is 15.2. The van der Waals surface area contributed by atoms with Crippen LogP contribution in [0.4, 0.5) is 23.2 Å². The maximum atomic E-state index is 13.3. The lowest BCUT2D eigenvalue weighted by Crippen LogP contribution is -2.26. The highest BCUT2D eigenvalue weighted by Crippen LogP contribution is 2.36. The van der Waals surface area contributed by atoms with Gasteiger partial charge in [-0.15, -0.1) is 0 Å². The number of hydrogen-bond donors (Lipinski definition) is 1. The van der Waals surface area contributed by atoms with Crippen LogP contribution in [0.3, 0.4) is 0 Å². The molecule has 0 saturated carbocycles. The monoisotopic (exact) mass is 473 g/mol. The van der Waals surface area contributed by atoms with Crippen LogP contribution in [0.5, 0.6) is 5.75 Å². The smallest absolute Gasteiger partial charge is 0.283 e. The van der Waals surface area contributed by atoms with Gasteiger partial charge in [-0.05, 0) is 31.0 Å². The number of amides is 1. The van der Waals surface area contributed by atoms with E-state index >= 15 is 0 Å². The average Bonchev–Trinajstić information content (AvgIpc) is 3.35. The molecule has 0 fully saturated rings. The summed E-state index contributed by atoms with van der Waals surface area (Å²) in [6.45, 7) is 3.36. The normalized spacial score (nSPS) is 12.4. The number of carbonyl (C=O) groups is 1. The molecule has 7 nitrogen and oxygen atoms in total. The third-order valence-corrected chi connectivity index (χ3v) is 5.05. The van der Waals surface area contributed by atoms with Gasteiger partial charge in [0.05, 0.1) is 23.1 Å². The van der Waals surface area contributed by atoms with Gasteiger partial charge in [-0.1, -0.05) is 30.7 Å². The van der Waals surface area contributed by atoms with Gasteiger partial charge in [-0.3, -0.25) is 4.79 Å². The van der Waals surface area contributed by atoms with Crippen molar-refractivity contribution in [3.63, 3.8) is 0 Å². The van der Waals surface area contributed by atoms with Gasteiger partial charge in [0.2, 0.25) is 5.91 Å². The van der Waals surface area contributed by atoms with E-state index in [1.807, 2.05) is 31.2 Å². The van der Waals surface area contributed by atoms with E-state index in [0.717, 1.165) is 6.42 Å². The Hall–Kier alpha value is -3.08. The lowest BCUT2D eigenvalue weighted by atomic mass is 10.2. The molecule has 0 saturated heterocycles. The predicted molar refractivity (Wildman–Crippen MR) is 109 cm³/mol. The molecule has 172 valence electrons. The molecule has 1 N–H and O–H groups in total. The van der Waals surface area contributed by atoms with E-state index in [-0.39, 0.29) is 12.4 Å². The van der Waals surface area contributed by atoms with E-state index in [9.17, 15) is 22.4 Å². The van der Waals surface area contributed by atoms with Gasteiger partial charge >= 0.3 is 0 Å². The number of nitrogens with zero attached hydrogens (tertiary/aromatic N) is 4. The highest BCUT2D eigenvalue weighted by molar-refractivity contribution is 6.32. The summed E-state index contributed by atoms with van der Waals surface area (Å²) in [5, 5.41) is 9.11. The Morgan fingerprint density at radius 1 is 1.19 bits per heavy atom. The topological polar surface area (TPSA) is 74.0 Å². The number of benzene rings is 1. The molecule has 1 aromatic carbocycles. The molecule has 0 aliphatic carbocycles. The van der Waals surface area contributed by atoms with Crippen molar-refractivity contribution < 1.29 is 27.1 Å². The number of nitrogens with one attached hydrogen (secondary N) is 1. The number of rotatable bonds is 9. The van der Waals surface area contributed by atoms with Crippen molar-refractivity contribution in [2.24, 2.45) is 0 Å². The lowest BCUT2D eigenvalue weighted by Gasteiger charge is -2.15. The number of carbonyl (C=O) groups excluding carboxylic acids is 1. The molecule has 0 aliphatic rings. The van der Waals surface area contributed by atoms with E-state index in [1.54, 1.807) is 0 Å². The molecule has 3 aromatic rings. The Labute approximate surface area is 185 Å². The highest BCUT2D eigenvalue weighted by Gasteiger charge is 2.32. The summed E-state index contributed by atoms with van der Waals surface area (Å²) in [5.74, 6) is -0.121. The van der Waals surface area contributed by atoms with Crippen molar-refractivity contribution in [3.05, 3.63) is 58.6 Å². The highest BCUT2D eigenvalue weighted by atomic mass is 35.5. The van der Waals surface area contributed by atoms with E-state index in [0.29, 0.717) is 10.4 Å². The van der Waals surface area contributed by atoms with Gasteiger partial charge in [-0.2, -0.15) is 10.2 Å². The number of aryl methyl sites for hydroxylation is 1. The molecule has 1 atom stereocenters. The van der Waals surface area contributed by atoms with Crippen LogP contribution in [0.1, 0.15) is 49.7 Å². The summed E-state index contributed by atoms with van der Waals surface area (Å²) in [4.78, 5) is 12.5. The number of aromatic nitrogens is 4. The Morgan fingerprint density at radius 2 is 1.88 bits per heavy atom. The fourth-order valence-electron chi connectivity index (χ4n) is 2.89. The zero-order valence-corrected chi connectivity index (χ0v) is 17.9. The Kier molecular flexibility index (Phi) is 7.39. The van der Waals surface area contributed by atoms with Gasteiger partial charge in [0.25, 0.3) is 12.9 Å². The largest absolute Gasteiger partial charge is 0.471 e. The second-order valence-corrected chi connectivity index (χ2v) is 7.21. The molecular weight excluding hydrogens is 454 g/mol. The minimum absolute atomic E-state index is 0.0684. The van der Waals surface area contributed by atoms with Crippen LogP contribution in [0.15, 0.2) is 36.7 Å². The van der Waals surface area contributed by atoms with Crippen LogP contribution in [0, 0.1) is 0 Å². The average molecular weight is 474 g/mol. The summed E-state index contributed by atoms with van der Waals surface area (Å²) < 4.78 is 60.2. The van der Waals surface area contributed by atoms with Gasteiger partial charge < -0.3 is 10.1 Å². The summed E-state index contributed by atoms with van der Waals surface area (Å²) in [6.07, 6.45) is -2.63. The van der Waals surface area contributed by atoms with Crippen molar-refractivity contribution in [3.8, 4) is 5.75 Å². The van der Waals surface area contributed by atoms with Gasteiger partial charge in [0, 0.05) is 0 Å². The minimum atomic E-state index is -3.19. The predicted octanol–water partition coefficient (Wildman–Crippen LogP) is 5.41. The van der Waals surface area contributed by atoms with Gasteiger partial charge in [0.1, 0.15) is 23.2 Å². The minimum Gasteiger partial charge on any atom is -0.471 e. The number of hydrogen-bond acceptors (Lipinski definition) is 4. The van der Waals surface area contributed by atoms with Gasteiger partial charge in [0.15, 0.2) is 6.73 Å². The molecule has 3 rings (SSSR count). The molecule has 12 heteroatoms.